The molecule has 9 nitrogen and oxygen atoms in total. The number of anilines is 1. The normalized spacial score (nSPS) is 12.6. The van der Waals surface area contributed by atoms with Crippen molar-refractivity contribution in [3.05, 3.63) is 83.2 Å². The highest BCUT2D eigenvalue weighted by Crippen LogP contribution is 2.44. The lowest BCUT2D eigenvalue weighted by Gasteiger charge is -2.14. The molecule has 1 aromatic heterocycles. The second-order valence-electron chi connectivity index (χ2n) is 7.92. The van der Waals surface area contributed by atoms with E-state index in [1.165, 1.54) is 23.9 Å². The van der Waals surface area contributed by atoms with Gasteiger partial charge in [-0.3, -0.25) is 14.8 Å². The number of aromatic nitrogens is 2. The standard InChI is InChI=1S/C25H24N4O5/c1-15(24(31)32)11-12-26-23(30)22-21(13-29(2)28-22)27-25(33)34-14-20-18-9-5-3-7-16(18)17-8-4-6-10-19(17)20/h3-11,13,20H,12,14H2,1-2H3,(H,26,30)(H,27,33)(H,31,32)/b15-11+. The van der Waals surface area contributed by atoms with E-state index in [9.17, 15) is 14.4 Å². The molecule has 1 heterocycles. The van der Waals surface area contributed by atoms with Crippen molar-refractivity contribution >= 4 is 23.7 Å². The highest BCUT2D eigenvalue weighted by atomic mass is 16.5. The van der Waals surface area contributed by atoms with Crippen molar-refractivity contribution in [2.75, 3.05) is 18.5 Å². The number of benzene rings is 2. The SMILES string of the molecule is C/C(=C\CNC(=O)c1nn(C)cc1NC(=O)OCC1c2ccccc2-c2ccccc21)C(=O)O. The number of carboxylic acids is 1. The lowest BCUT2D eigenvalue weighted by molar-refractivity contribution is -0.132. The van der Waals surface area contributed by atoms with Crippen molar-refractivity contribution in [1.82, 2.24) is 15.1 Å². The van der Waals surface area contributed by atoms with Crippen LogP contribution in [0.5, 0.6) is 0 Å². The van der Waals surface area contributed by atoms with Gasteiger partial charge in [0.2, 0.25) is 0 Å². The maximum atomic E-state index is 12.6. The second-order valence-corrected chi connectivity index (χ2v) is 7.92. The number of aliphatic carboxylic acids is 1. The van der Waals surface area contributed by atoms with Gasteiger partial charge in [-0.1, -0.05) is 54.6 Å². The summed E-state index contributed by atoms with van der Waals surface area (Å²) in [7, 11) is 1.62. The number of ether oxygens (including phenoxy) is 1. The van der Waals surface area contributed by atoms with Crippen LogP contribution in [0.25, 0.3) is 11.1 Å². The van der Waals surface area contributed by atoms with Gasteiger partial charge in [0.05, 0.1) is 5.69 Å². The van der Waals surface area contributed by atoms with Crippen molar-refractivity contribution in [3.8, 4) is 11.1 Å². The quantitative estimate of drug-likeness (QED) is 0.464. The van der Waals surface area contributed by atoms with E-state index in [0.29, 0.717) is 0 Å². The lowest BCUT2D eigenvalue weighted by atomic mass is 9.98. The van der Waals surface area contributed by atoms with Gasteiger partial charge < -0.3 is 15.2 Å². The van der Waals surface area contributed by atoms with Gasteiger partial charge in [0.15, 0.2) is 5.69 Å². The molecule has 34 heavy (non-hydrogen) atoms. The summed E-state index contributed by atoms with van der Waals surface area (Å²) >= 11 is 0. The highest BCUT2D eigenvalue weighted by Gasteiger charge is 2.29. The van der Waals surface area contributed by atoms with Crippen molar-refractivity contribution in [3.63, 3.8) is 0 Å². The van der Waals surface area contributed by atoms with Crippen LogP contribution in [0.3, 0.4) is 0 Å². The van der Waals surface area contributed by atoms with E-state index >= 15 is 0 Å². The summed E-state index contributed by atoms with van der Waals surface area (Å²) in [6, 6.07) is 16.1. The zero-order valence-electron chi connectivity index (χ0n) is 18.7. The largest absolute Gasteiger partial charge is 0.478 e. The molecule has 0 fully saturated rings. The number of hydrogen-bond donors (Lipinski definition) is 3. The van der Waals surface area contributed by atoms with Crippen LogP contribution >= 0.6 is 0 Å². The second kappa shape index (κ2) is 9.62. The summed E-state index contributed by atoms with van der Waals surface area (Å²) in [6.45, 7) is 1.58. The van der Waals surface area contributed by atoms with Crippen LogP contribution in [0.4, 0.5) is 10.5 Å². The molecule has 1 aliphatic rings. The lowest BCUT2D eigenvalue weighted by Crippen LogP contribution is -2.26. The van der Waals surface area contributed by atoms with E-state index in [0.717, 1.165) is 22.3 Å². The third-order valence-electron chi connectivity index (χ3n) is 5.63. The molecule has 0 atom stereocenters. The van der Waals surface area contributed by atoms with Gasteiger partial charge in [0.1, 0.15) is 6.61 Å². The molecule has 0 radical (unpaired) electrons. The molecule has 0 saturated carbocycles. The number of hydrogen-bond acceptors (Lipinski definition) is 5. The summed E-state index contributed by atoms with van der Waals surface area (Å²) < 4.78 is 6.93. The van der Waals surface area contributed by atoms with Crippen molar-refractivity contribution in [2.45, 2.75) is 12.8 Å². The predicted molar refractivity (Wildman–Crippen MR) is 126 cm³/mol. The van der Waals surface area contributed by atoms with Gasteiger partial charge in [0.25, 0.3) is 5.91 Å². The van der Waals surface area contributed by atoms with Crippen LogP contribution in [0.2, 0.25) is 0 Å². The Morgan fingerprint density at radius 1 is 1.09 bits per heavy atom. The molecule has 9 heteroatoms. The highest BCUT2D eigenvalue weighted by molar-refractivity contribution is 6.01. The van der Waals surface area contributed by atoms with Gasteiger partial charge in [-0.05, 0) is 29.2 Å². The van der Waals surface area contributed by atoms with E-state index in [1.807, 2.05) is 36.4 Å². The minimum atomic E-state index is -1.07. The number of carbonyl (C=O) groups is 3. The van der Waals surface area contributed by atoms with E-state index in [-0.39, 0.29) is 36.0 Å². The molecule has 0 spiro atoms. The Kier molecular flexibility index (Phi) is 6.44. The van der Waals surface area contributed by atoms with E-state index in [1.54, 1.807) is 7.05 Å². The van der Waals surface area contributed by atoms with Gasteiger partial charge in [-0.2, -0.15) is 5.10 Å². The average Bonchev–Trinajstić information content (AvgIpc) is 3.34. The monoisotopic (exact) mass is 460 g/mol. The Morgan fingerprint density at radius 2 is 1.71 bits per heavy atom. The first-order valence-corrected chi connectivity index (χ1v) is 10.7. The fourth-order valence-electron chi connectivity index (χ4n) is 3.96. The summed E-state index contributed by atoms with van der Waals surface area (Å²) in [5, 5.41) is 18.1. The van der Waals surface area contributed by atoms with Crippen LogP contribution in [-0.4, -0.2) is 46.0 Å². The molecule has 3 aromatic rings. The molecule has 2 aromatic carbocycles. The third kappa shape index (κ3) is 4.68. The Hall–Kier alpha value is -4.40. The minimum Gasteiger partial charge on any atom is -0.478 e. The third-order valence-corrected chi connectivity index (χ3v) is 5.63. The number of amides is 2. The summed E-state index contributed by atoms with van der Waals surface area (Å²) in [5.41, 5.74) is 4.76. The average molecular weight is 460 g/mol. The van der Waals surface area contributed by atoms with Crippen molar-refractivity contribution in [1.29, 1.82) is 0 Å². The molecule has 0 bridgehead atoms. The van der Waals surface area contributed by atoms with Crippen molar-refractivity contribution in [2.24, 2.45) is 7.05 Å². The van der Waals surface area contributed by atoms with E-state index in [4.69, 9.17) is 9.84 Å². The first-order valence-electron chi connectivity index (χ1n) is 10.7. The van der Waals surface area contributed by atoms with Gasteiger partial charge in [-0.15, -0.1) is 0 Å². The van der Waals surface area contributed by atoms with Crippen LogP contribution < -0.4 is 10.6 Å². The summed E-state index contributed by atoms with van der Waals surface area (Å²) in [4.78, 5) is 35.9. The van der Waals surface area contributed by atoms with Crippen LogP contribution in [0.15, 0.2) is 66.4 Å². The Labute approximate surface area is 196 Å². The fourth-order valence-corrected chi connectivity index (χ4v) is 3.96. The molecular weight excluding hydrogens is 436 g/mol. The first-order chi connectivity index (χ1) is 16.3. The molecule has 1 aliphatic carbocycles. The molecular formula is C25H24N4O5. The number of carbonyl (C=O) groups excluding carboxylic acids is 2. The van der Waals surface area contributed by atoms with Gasteiger partial charge in [-0.25, -0.2) is 9.59 Å². The van der Waals surface area contributed by atoms with E-state index in [2.05, 4.69) is 27.9 Å². The topological polar surface area (TPSA) is 123 Å². The number of rotatable bonds is 7. The van der Waals surface area contributed by atoms with Gasteiger partial charge >= 0.3 is 12.1 Å². The van der Waals surface area contributed by atoms with Crippen LogP contribution in [0, 0.1) is 0 Å². The number of nitrogens with one attached hydrogen (secondary N) is 2. The molecule has 3 N–H and O–H groups in total. The van der Waals surface area contributed by atoms with Gasteiger partial charge in [0, 0.05) is 31.3 Å². The molecule has 0 saturated heterocycles. The molecule has 174 valence electrons. The molecule has 2 amide bonds. The number of fused-ring (bicyclic) bond motifs is 3. The van der Waals surface area contributed by atoms with E-state index < -0.39 is 18.0 Å². The molecule has 4 rings (SSSR count). The van der Waals surface area contributed by atoms with Crippen LogP contribution in [0.1, 0.15) is 34.5 Å². The smallest absolute Gasteiger partial charge is 0.411 e. The number of aryl methyl sites for hydroxylation is 1. The summed E-state index contributed by atoms with van der Waals surface area (Å²) in [6.07, 6.45) is 2.17. The number of carboxylic acid groups (broad SMARTS) is 1. The molecule has 0 unspecified atom stereocenters. The van der Waals surface area contributed by atoms with Crippen molar-refractivity contribution < 1.29 is 24.2 Å². The first kappa shape index (κ1) is 22.8. The Balaban J connectivity index is 1.41. The Morgan fingerprint density at radius 3 is 2.32 bits per heavy atom. The fraction of sp³-hybridized carbons (Fsp3) is 0.200. The zero-order chi connectivity index (χ0) is 24.2. The molecule has 0 aliphatic heterocycles. The zero-order valence-corrected chi connectivity index (χ0v) is 18.7. The predicted octanol–water partition coefficient (Wildman–Crippen LogP) is 3.54. The number of nitrogens with zero attached hydrogens (tertiary/aromatic N) is 2. The maximum absolute atomic E-state index is 12.6. The van der Waals surface area contributed by atoms with Crippen LogP contribution in [-0.2, 0) is 16.6 Å². The minimum absolute atomic E-state index is 0.00242. The Bertz CT molecular complexity index is 1250. The summed E-state index contributed by atoms with van der Waals surface area (Å²) in [5.74, 6) is -1.70. The maximum Gasteiger partial charge on any atom is 0.411 e.